The standard InChI is InChI=1S/C20H17BrCl2N2O2/c21-13-4-5-17-16(11-13)15-6-8-25(20(26)27-9-7-22)19(18(15)24-17)12-2-1-3-14(23)10-12/h1-5,10-11,19,24H,6-9H2. The van der Waals surface area contributed by atoms with Gasteiger partial charge in [-0.2, -0.15) is 0 Å². The van der Waals surface area contributed by atoms with Crippen LogP contribution in [0.25, 0.3) is 10.9 Å². The summed E-state index contributed by atoms with van der Waals surface area (Å²) in [5.41, 5.74) is 4.21. The Labute approximate surface area is 175 Å². The fourth-order valence-electron chi connectivity index (χ4n) is 3.69. The molecule has 0 fully saturated rings. The molecule has 1 atom stereocenters. The third-order valence-corrected chi connectivity index (χ3v) is 5.67. The second-order valence-corrected chi connectivity index (χ2v) is 8.14. The molecule has 0 aliphatic carbocycles. The van der Waals surface area contributed by atoms with Gasteiger partial charge in [0.25, 0.3) is 0 Å². The third-order valence-electron chi connectivity index (χ3n) is 4.79. The van der Waals surface area contributed by atoms with E-state index < -0.39 is 0 Å². The number of aromatic amines is 1. The topological polar surface area (TPSA) is 45.3 Å². The van der Waals surface area contributed by atoms with E-state index in [0.717, 1.165) is 27.7 Å². The molecule has 1 aliphatic rings. The van der Waals surface area contributed by atoms with Crippen molar-refractivity contribution in [2.24, 2.45) is 0 Å². The molecule has 7 heteroatoms. The summed E-state index contributed by atoms with van der Waals surface area (Å²) < 4.78 is 6.35. The number of nitrogens with zero attached hydrogens (tertiary/aromatic N) is 1. The van der Waals surface area contributed by atoms with Crippen molar-refractivity contribution in [3.8, 4) is 0 Å². The average Bonchev–Trinajstić information content (AvgIpc) is 3.03. The van der Waals surface area contributed by atoms with E-state index in [0.29, 0.717) is 11.6 Å². The first-order chi connectivity index (χ1) is 13.1. The Morgan fingerprint density at radius 2 is 2.15 bits per heavy atom. The van der Waals surface area contributed by atoms with Crippen molar-refractivity contribution in [2.75, 3.05) is 19.0 Å². The molecule has 0 saturated carbocycles. The highest BCUT2D eigenvalue weighted by atomic mass is 79.9. The normalized spacial score (nSPS) is 16.4. The maximum Gasteiger partial charge on any atom is 0.410 e. The summed E-state index contributed by atoms with van der Waals surface area (Å²) in [6.45, 7) is 0.746. The molecule has 4 nitrogen and oxygen atoms in total. The van der Waals surface area contributed by atoms with Gasteiger partial charge >= 0.3 is 6.09 Å². The summed E-state index contributed by atoms with van der Waals surface area (Å²) in [4.78, 5) is 17.9. The molecular weight excluding hydrogens is 451 g/mol. The number of carbonyl (C=O) groups is 1. The lowest BCUT2D eigenvalue weighted by molar-refractivity contribution is 0.0938. The number of benzene rings is 2. The largest absolute Gasteiger partial charge is 0.448 e. The lowest BCUT2D eigenvalue weighted by Crippen LogP contribution is -2.41. The minimum Gasteiger partial charge on any atom is -0.448 e. The van der Waals surface area contributed by atoms with Crippen LogP contribution in [-0.4, -0.2) is 35.0 Å². The van der Waals surface area contributed by atoms with Crippen molar-refractivity contribution >= 4 is 56.1 Å². The number of ether oxygens (including phenoxy) is 1. The molecule has 0 bridgehead atoms. The van der Waals surface area contributed by atoms with Gasteiger partial charge in [-0.3, -0.25) is 4.90 Å². The van der Waals surface area contributed by atoms with E-state index in [1.807, 2.05) is 36.4 Å². The van der Waals surface area contributed by atoms with Crippen molar-refractivity contribution in [1.82, 2.24) is 9.88 Å². The molecule has 1 amide bonds. The molecule has 0 radical (unpaired) electrons. The molecule has 4 rings (SSSR count). The van der Waals surface area contributed by atoms with Crippen LogP contribution < -0.4 is 0 Å². The Morgan fingerprint density at radius 1 is 1.30 bits per heavy atom. The molecule has 0 spiro atoms. The van der Waals surface area contributed by atoms with Gasteiger partial charge in [-0.05, 0) is 47.9 Å². The number of halogens is 3. The molecule has 1 aromatic heterocycles. The zero-order valence-corrected chi connectivity index (χ0v) is 17.4. The van der Waals surface area contributed by atoms with Crippen LogP contribution in [0, 0.1) is 0 Å². The van der Waals surface area contributed by atoms with Crippen LogP contribution in [0.15, 0.2) is 46.9 Å². The first-order valence-electron chi connectivity index (χ1n) is 8.63. The van der Waals surface area contributed by atoms with Crippen LogP contribution in [-0.2, 0) is 11.2 Å². The predicted octanol–water partition coefficient (Wildman–Crippen LogP) is 5.91. The predicted molar refractivity (Wildman–Crippen MR) is 112 cm³/mol. The first kappa shape index (κ1) is 18.7. The van der Waals surface area contributed by atoms with Crippen molar-refractivity contribution in [2.45, 2.75) is 12.5 Å². The lowest BCUT2D eigenvalue weighted by Gasteiger charge is -2.35. The summed E-state index contributed by atoms with van der Waals surface area (Å²) in [7, 11) is 0. The maximum atomic E-state index is 12.7. The van der Waals surface area contributed by atoms with Gasteiger partial charge in [-0.1, -0.05) is 39.7 Å². The summed E-state index contributed by atoms with van der Waals surface area (Å²) in [5, 5.41) is 1.80. The minimum atomic E-state index is -0.369. The fraction of sp³-hybridized carbons (Fsp3) is 0.250. The van der Waals surface area contributed by atoms with Crippen LogP contribution in [0.1, 0.15) is 22.9 Å². The highest BCUT2D eigenvalue weighted by molar-refractivity contribution is 9.10. The van der Waals surface area contributed by atoms with Crippen LogP contribution >= 0.6 is 39.1 Å². The lowest BCUT2D eigenvalue weighted by atomic mass is 9.93. The number of rotatable bonds is 3. The van der Waals surface area contributed by atoms with Crippen molar-refractivity contribution in [3.63, 3.8) is 0 Å². The van der Waals surface area contributed by atoms with E-state index in [2.05, 4.69) is 27.0 Å². The summed E-state index contributed by atoms with van der Waals surface area (Å²) >= 11 is 15.5. The highest BCUT2D eigenvalue weighted by Crippen LogP contribution is 2.39. The third kappa shape index (κ3) is 3.56. The second-order valence-electron chi connectivity index (χ2n) is 6.41. The molecule has 1 N–H and O–H groups in total. The molecule has 0 saturated heterocycles. The number of hydrogen-bond donors (Lipinski definition) is 1. The van der Waals surface area contributed by atoms with Crippen molar-refractivity contribution < 1.29 is 9.53 Å². The number of amides is 1. The van der Waals surface area contributed by atoms with Gasteiger partial charge in [-0.15, -0.1) is 11.6 Å². The number of hydrogen-bond acceptors (Lipinski definition) is 2. The fourth-order valence-corrected chi connectivity index (χ4v) is 4.33. The summed E-state index contributed by atoms with van der Waals surface area (Å²) in [5.74, 6) is 0.271. The van der Waals surface area contributed by atoms with Gasteiger partial charge in [-0.25, -0.2) is 4.79 Å². The van der Waals surface area contributed by atoms with Crippen molar-refractivity contribution in [1.29, 1.82) is 0 Å². The van der Waals surface area contributed by atoms with Crippen LogP contribution in [0.2, 0.25) is 5.02 Å². The monoisotopic (exact) mass is 466 g/mol. The Hall–Kier alpha value is -1.69. The number of H-pyrrole nitrogens is 1. The van der Waals surface area contributed by atoms with E-state index in [1.165, 1.54) is 10.9 Å². The molecule has 140 valence electrons. The Bertz CT molecular complexity index is 1000. The maximum absolute atomic E-state index is 12.7. The van der Waals surface area contributed by atoms with Gasteiger partial charge < -0.3 is 9.72 Å². The Kier molecular flexibility index (Phi) is 5.35. The molecule has 1 unspecified atom stereocenters. The van der Waals surface area contributed by atoms with Crippen LogP contribution in [0.4, 0.5) is 4.79 Å². The zero-order valence-electron chi connectivity index (χ0n) is 14.3. The average molecular weight is 468 g/mol. The van der Waals surface area contributed by atoms with Gasteiger partial charge in [0.05, 0.1) is 5.88 Å². The second kappa shape index (κ2) is 7.74. The molecule has 2 heterocycles. The smallest absolute Gasteiger partial charge is 0.410 e. The van der Waals surface area contributed by atoms with E-state index in [1.54, 1.807) is 4.90 Å². The van der Waals surface area contributed by atoms with Gasteiger partial charge in [0.15, 0.2) is 0 Å². The van der Waals surface area contributed by atoms with E-state index in [4.69, 9.17) is 27.9 Å². The number of aromatic nitrogens is 1. The molecule has 1 aliphatic heterocycles. The van der Waals surface area contributed by atoms with Gasteiger partial charge in [0.2, 0.25) is 0 Å². The van der Waals surface area contributed by atoms with Gasteiger partial charge in [0, 0.05) is 32.6 Å². The van der Waals surface area contributed by atoms with E-state index in [-0.39, 0.29) is 24.6 Å². The quantitative estimate of drug-likeness (QED) is 0.487. The molecule has 27 heavy (non-hydrogen) atoms. The number of alkyl halides is 1. The highest BCUT2D eigenvalue weighted by Gasteiger charge is 2.35. The Balaban J connectivity index is 1.85. The zero-order chi connectivity index (χ0) is 19.0. The van der Waals surface area contributed by atoms with Crippen LogP contribution in [0.3, 0.4) is 0 Å². The minimum absolute atomic E-state index is 0.186. The molecular formula is C20H17BrCl2N2O2. The van der Waals surface area contributed by atoms with E-state index >= 15 is 0 Å². The van der Waals surface area contributed by atoms with E-state index in [9.17, 15) is 4.79 Å². The van der Waals surface area contributed by atoms with Crippen LogP contribution in [0.5, 0.6) is 0 Å². The molecule has 2 aromatic carbocycles. The Morgan fingerprint density at radius 3 is 2.93 bits per heavy atom. The molecule has 3 aromatic rings. The number of carbonyl (C=O) groups excluding carboxylic acids is 1. The SMILES string of the molecule is O=C(OCCCl)N1CCc2c([nH]c3ccc(Br)cc23)C1c1cccc(Cl)c1. The van der Waals surface area contributed by atoms with Crippen molar-refractivity contribution in [3.05, 3.63) is 68.8 Å². The number of nitrogens with one attached hydrogen (secondary N) is 1. The number of fused-ring (bicyclic) bond motifs is 3. The summed E-state index contributed by atoms with van der Waals surface area (Å²) in [6, 6.07) is 13.5. The summed E-state index contributed by atoms with van der Waals surface area (Å²) in [6.07, 6.45) is 0.379. The first-order valence-corrected chi connectivity index (χ1v) is 10.3. The van der Waals surface area contributed by atoms with Gasteiger partial charge in [0.1, 0.15) is 12.6 Å².